The third-order valence-electron chi connectivity index (χ3n) is 7.17. The summed E-state index contributed by atoms with van der Waals surface area (Å²) in [6, 6.07) is 6.67. The van der Waals surface area contributed by atoms with Crippen LogP contribution in [0.3, 0.4) is 0 Å². The number of benzene rings is 1. The van der Waals surface area contributed by atoms with E-state index in [1.807, 2.05) is 39.0 Å². The number of thiophene rings is 1. The minimum absolute atomic E-state index is 0.0752. The lowest BCUT2D eigenvalue weighted by Gasteiger charge is -2.30. The van der Waals surface area contributed by atoms with E-state index in [0.29, 0.717) is 34.4 Å². The van der Waals surface area contributed by atoms with Gasteiger partial charge in [-0.1, -0.05) is 17.7 Å². The van der Waals surface area contributed by atoms with Crippen molar-refractivity contribution in [2.45, 2.75) is 78.1 Å². The van der Waals surface area contributed by atoms with Crippen LogP contribution in [0.5, 0.6) is 0 Å². The van der Waals surface area contributed by atoms with Gasteiger partial charge in [0.15, 0.2) is 0 Å². The van der Waals surface area contributed by atoms with E-state index in [1.165, 1.54) is 24.3 Å². The van der Waals surface area contributed by atoms with Gasteiger partial charge in [-0.2, -0.15) is 4.31 Å². The molecule has 0 radical (unpaired) electrons. The molecule has 13 heteroatoms. The molecule has 0 bridgehead atoms. The maximum atomic E-state index is 13.8. The molecule has 1 aromatic carbocycles. The average Bonchev–Trinajstić information content (AvgIpc) is 3.44. The molecule has 10 nitrogen and oxygen atoms in total. The second-order valence-corrected chi connectivity index (χ2v) is 15.0. The number of amides is 2. The average molecular weight is 652 g/mol. The lowest BCUT2D eigenvalue weighted by atomic mass is 10.0. The number of sulfonamides is 1. The van der Waals surface area contributed by atoms with Crippen molar-refractivity contribution >= 4 is 62.7 Å². The lowest BCUT2D eigenvalue weighted by Crippen LogP contribution is -2.52. The van der Waals surface area contributed by atoms with Crippen LogP contribution in [-0.4, -0.2) is 73.0 Å². The Morgan fingerprint density at radius 1 is 1.19 bits per heavy atom. The standard InChI is InChI=1S/C30H38ClN3O7S2/c1-6-40-28(36)20(2)34(43(38,39)17-14-24-11-12-26(31)42-24)25-13-16-33(27(25)35)23-10-9-22-19-32(15-7-8-21(22)18-23)29(37)41-30(3,4)5/h9-12,14,17-18,20,25H,6-8,13,15-16,19H2,1-5H3/t20?,25-/m0/s1. The summed E-state index contributed by atoms with van der Waals surface area (Å²) in [6.45, 7) is 9.86. The number of rotatable bonds is 8. The van der Waals surface area contributed by atoms with Crippen molar-refractivity contribution in [3.05, 3.63) is 56.1 Å². The van der Waals surface area contributed by atoms with Crippen LogP contribution in [0.15, 0.2) is 35.7 Å². The first-order valence-electron chi connectivity index (χ1n) is 14.2. The van der Waals surface area contributed by atoms with E-state index in [-0.39, 0.29) is 25.7 Å². The van der Waals surface area contributed by atoms with E-state index in [9.17, 15) is 22.8 Å². The van der Waals surface area contributed by atoms with Crippen molar-refractivity contribution in [2.75, 3.05) is 24.6 Å². The molecule has 0 spiro atoms. The summed E-state index contributed by atoms with van der Waals surface area (Å²) in [5, 5.41) is 1.000. The highest BCUT2D eigenvalue weighted by molar-refractivity contribution is 7.92. The predicted molar refractivity (Wildman–Crippen MR) is 167 cm³/mol. The SMILES string of the molecule is CCOC(=O)C(C)N([C@H]1CCN(c2ccc3c(c2)CCCN(C(=O)OC(C)(C)C)C3)C1=O)S(=O)(=O)C=Cc1ccc(Cl)s1. The highest BCUT2D eigenvalue weighted by Gasteiger charge is 2.45. The van der Waals surface area contributed by atoms with Crippen molar-refractivity contribution in [3.63, 3.8) is 0 Å². The van der Waals surface area contributed by atoms with Gasteiger partial charge in [0.2, 0.25) is 15.9 Å². The van der Waals surface area contributed by atoms with Crippen LogP contribution in [0.4, 0.5) is 10.5 Å². The Balaban J connectivity index is 1.58. The molecule has 0 N–H and O–H groups in total. The predicted octanol–water partition coefficient (Wildman–Crippen LogP) is 5.44. The zero-order valence-electron chi connectivity index (χ0n) is 25.0. The van der Waals surface area contributed by atoms with E-state index in [0.717, 1.165) is 27.3 Å². The van der Waals surface area contributed by atoms with Crippen molar-refractivity contribution < 1.29 is 32.3 Å². The van der Waals surface area contributed by atoms with Gasteiger partial charge >= 0.3 is 12.1 Å². The summed E-state index contributed by atoms with van der Waals surface area (Å²) in [7, 11) is -4.22. The van der Waals surface area contributed by atoms with Gasteiger partial charge in [0.1, 0.15) is 17.7 Å². The number of fused-ring (bicyclic) bond motifs is 1. The molecule has 1 unspecified atom stereocenters. The zero-order valence-corrected chi connectivity index (χ0v) is 27.4. The molecule has 1 aromatic heterocycles. The van der Waals surface area contributed by atoms with E-state index < -0.39 is 39.6 Å². The Morgan fingerprint density at radius 2 is 1.93 bits per heavy atom. The van der Waals surface area contributed by atoms with Gasteiger partial charge in [-0.3, -0.25) is 9.59 Å². The Hall–Kier alpha value is -2.93. The second kappa shape index (κ2) is 13.4. The Kier molecular flexibility index (Phi) is 10.3. The van der Waals surface area contributed by atoms with Crippen LogP contribution < -0.4 is 4.90 Å². The van der Waals surface area contributed by atoms with Gasteiger partial charge in [-0.25, -0.2) is 13.2 Å². The molecule has 1 saturated heterocycles. The molecule has 2 aliphatic rings. The number of hydrogen-bond acceptors (Lipinski definition) is 8. The number of aryl methyl sites for hydroxylation is 1. The molecule has 2 atom stereocenters. The quantitative estimate of drug-likeness (QED) is 0.349. The van der Waals surface area contributed by atoms with Gasteiger partial charge in [0.05, 0.1) is 10.9 Å². The number of anilines is 1. The van der Waals surface area contributed by atoms with E-state index in [1.54, 1.807) is 28.9 Å². The van der Waals surface area contributed by atoms with Crippen molar-refractivity contribution in [1.29, 1.82) is 0 Å². The number of esters is 1. The molecule has 4 rings (SSSR count). The number of carbonyl (C=O) groups excluding carboxylic acids is 3. The first-order chi connectivity index (χ1) is 20.2. The van der Waals surface area contributed by atoms with Crippen molar-refractivity contribution in [2.24, 2.45) is 0 Å². The topological polar surface area (TPSA) is 114 Å². The molecule has 234 valence electrons. The van der Waals surface area contributed by atoms with E-state index >= 15 is 0 Å². The van der Waals surface area contributed by atoms with Crippen LogP contribution in [0.2, 0.25) is 4.34 Å². The van der Waals surface area contributed by atoms with Crippen LogP contribution in [0.1, 0.15) is 63.5 Å². The van der Waals surface area contributed by atoms with Gasteiger partial charge in [0, 0.05) is 35.6 Å². The maximum Gasteiger partial charge on any atom is 0.410 e. The normalized spacial score (nSPS) is 18.6. The Morgan fingerprint density at radius 3 is 2.58 bits per heavy atom. The van der Waals surface area contributed by atoms with E-state index in [2.05, 4.69) is 0 Å². The number of halogens is 1. The summed E-state index contributed by atoms with van der Waals surface area (Å²) >= 11 is 7.19. The van der Waals surface area contributed by atoms with Gasteiger partial charge < -0.3 is 19.3 Å². The van der Waals surface area contributed by atoms with Crippen LogP contribution in [-0.2, 0) is 42.1 Å². The molecule has 0 aliphatic carbocycles. The first-order valence-corrected chi connectivity index (χ1v) is 16.9. The number of ether oxygens (including phenoxy) is 2. The summed E-state index contributed by atoms with van der Waals surface area (Å²) in [5.74, 6) is -1.15. The van der Waals surface area contributed by atoms with Gasteiger partial charge in [0.25, 0.3) is 0 Å². The highest BCUT2D eigenvalue weighted by Crippen LogP contribution is 2.32. The van der Waals surface area contributed by atoms with Gasteiger partial charge in [-0.15, -0.1) is 11.3 Å². The summed E-state index contributed by atoms with van der Waals surface area (Å²) in [6.07, 6.45) is 2.68. The minimum Gasteiger partial charge on any atom is -0.465 e. The minimum atomic E-state index is -4.22. The largest absolute Gasteiger partial charge is 0.465 e. The number of nitrogens with zero attached hydrogens (tertiary/aromatic N) is 3. The lowest BCUT2D eigenvalue weighted by molar-refractivity contribution is -0.147. The first kappa shape index (κ1) is 33.0. The zero-order chi connectivity index (χ0) is 31.5. The van der Waals surface area contributed by atoms with Crippen LogP contribution in [0.25, 0.3) is 6.08 Å². The molecule has 2 aromatic rings. The molecule has 2 amide bonds. The summed E-state index contributed by atoms with van der Waals surface area (Å²) in [4.78, 5) is 43.1. The number of hydrogen-bond donors (Lipinski definition) is 0. The maximum absolute atomic E-state index is 13.8. The molecule has 3 heterocycles. The molecular formula is C30H38ClN3O7S2. The number of carbonyl (C=O) groups is 3. The molecule has 43 heavy (non-hydrogen) atoms. The van der Waals surface area contributed by atoms with E-state index in [4.69, 9.17) is 21.1 Å². The highest BCUT2D eigenvalue weighted by atomic mass is 35.5. The fourth-order valence-electron chi connectivity index (χ4n) is 5.23. The van der Waals surface area contributed by atoms with Crippen molar-refractivity contribution in [1.82, 2.24) is 9.21 Å². The fraction of sp³-hybridized carbons (Fsp3) is 0.500. The van der Waals surface area contributed by atoms with Crippen LogP contribution >= 0.6 is 22.9 Å². The van der Waals surface area contributed by atoms with Crippen LogP contribution in [0, 0.1) is 0 Å². The van der Waals surface area contributed by atoms with Crippen molar-refractivity contribution in [3.8, 4) is 0 Å². The molecule has 0 saturated carbocycles. The molecule has 1 fully saturated rings. The monoisotopic (exact) mass is 651 g/mol. The Bertz CT molecular complexity index is 1500. The fourth-order valence-corrected chi connectivity index (χ4v) is 7.81. The second-order valence-electron chi connectivity index (χ2n) is 11.5. The summed E-state index contributed by atoms with van der Waals surface area (Å²) < 4.78 is 39.4. The third kappa shape index (κ3) is 7.97. The molecular weight excluding hydrogens is 614 g/mol. The Labute approximate surface area is 262 Å². The van der Waals surface area contributed by atoms with Gasteiger partial charge in [-0.05, 0) is 95.3 Å². The smallest absolute Gasteiger partial charge is 0.410 e. The molecule has 2 aliphatic heterocycles. The summed E-state index contributed by atoms with van der Waals surface area (Å²) in [5.41, 5.74) is 2.03. The third-order valence-corrected chi connectivity index (χ3v) is 10.0.